The molecule has 0 fully saturated rings. The first-order chi connectivity index (χ1) is 8.74. The maximum atomic E-state index is 5.71. The molecule has 2 nitrogen and oxygen atoms in total. The molecular weight excluding hydrogens is 222 g/mol. The van der Waals surface area contributed by atoms with Crippen LogP contribution in [0.3, 0.4) is 0 Å². The second-order valence-electron chi connectivity index (χ2n) is 5.12. The number of ether oxygens (including phenoxy) is 1. The standard InChI is InChI=1S/C16H17NO/c1-11(2)15-10-18-16(17-15)14-8-7-12-5-3-4-6-13(12)9-14/h3-9,11,15H,10H2,1-2H3/t15-/m1/s1. The summed E-state index contributed by atoms with van der Waals surface area (Å²) in [6.07, 6.45) is 0. The van der Waals surface area contributed by atoms with Crippen molar-refractivity contribution in [2.75, 3.05) is 6.61 Å². The van der Waals surface area contributed by atoms with Crippen molar-refractivity contribution in [3.05, 3.63) is 48.0 Å². The molecule has 0 saturated carbocycles. The topological polar surface area (TPSA) is 21.6 Å². The van der Waals surface area contributed by atoms with E-state index in [-0.39, 0.29) is 0 Å². The van der Waals surface area contributed by atoms with Crippen LogP contribution in [-0.4, -0.2) is 18.5 Å². The number of rotatable bonds is 2. The van der Waals surface area contributed by atoms with Gasteiger partial charge in [-0.15, -0.1) is 0 Å². The van der Waals surface area contributed by atoms with E-state index < -0.39 is 0 Å². The normalized spacial score (nSPS) is 19.1. The molecule has 0 bridgehead atoms. The van der Waals surface area contributed by atoms with E-state index in [1.807, 2.05) is 0 Å². The molecule has 2 aromatic rings. The molecule has 0 aliphatic carbocycles. The SMILES string of the molecule is CC(C)[C@H]1COC(c2ccc3ccccc3c2)=N1. The first-order valence-electron chi connectivity index (χ1n) is 6.44. The number of aliphatic imine (C=N–C) groups is 1. The van der Waals surface area contributed by atoms with Gasteiger partial charge in [-0.1, -0.05) is 44.2 Å². The van der Waals surface area contributed by atoms with Crippen molar-refractivity contribution in [2.24, 2.45) is 10.9 Å². The summed E-state index contributed by atoms with van der Waals surface area (Å²) in [5.41, 5.74) is 1.08. The van der Waals surface area contributed by atoms with E-state index in [9.17, 15) is 0 Å². The van der Waals surface area contributed by atoms with Gasteiger partial charge in [0.25, 0.3) is 0 Å². The summed E-state index contributed by atoms with van der Waals surface area (Å²) >= 11 is 0. The molecule has 0 amide bonds. The van der Waals surface area contributed by atoms with Crippen LogP contribution in [0.1, 0.15) is 19.4 Å². The van der Waals surface area contributed by atoms with E-state index in [0.717, 1.165) is 11.5 Å². The van der Waals surface area contributed by atoms with E-state index in [1.165, 1.54) is 10.8 Å². The minimum atomic E-state index is 0.298. The van der Waals surface area contributed by atoms with Crippen molar-refractivity contribution in [2.45, 2.75) is 19.9 Å². The predicted molar refractivity (Wildman–Crippen MR) is 75.1 cm³/mol. The Labute approximate surface area is 107 Å². The fourth-order valence-electron chi connectivity index (χ4n) is 2.21. The molecule has 1 heterocycles. The summed E-state index contributed by atoms with van der Waals surface area (Å²) in [7, 11) is 0. The Kier molecular flexibility index (Phi) is 2.78. The smallest absolute Gasteiger partial charge is 0.216 e. The van der Waals surface area contributed by atoms with Crippen molar-refractivity contribution in [3.8, 4) is 0 Å². The van der Waals surface area contributed by atoms with Crippen molar-refractivity contribution >= 4 is 16.7 Å². The van der Waals surface area contributed by atoms with Crippen molar-refractivity contribution in [1.82, 2.24) is 0 Å². The van der Waals surface area contributed by atoms with Gasteiger partial charge in [-0.2, -0.15) is 0 Å². The predicted octanol–water partition coefficient (Wildman–Crippen LogP) is 3.64. The van der Waals surface area contributed by atoms with Gasteiger partial charge in [-0.3, -0.25) is 0 Å². The first-order valence-corrected chi connectivity index (χ1v) is 6.44. The zero-order chi connectivity index (χ0) is 12.5. The van der Waals surface area contributed by atoms with E-state index in [1.54, 1.807) is 0 Å². The Hall–Kier alpha value is -1.83. The summed E-state index contributed by atoms with van der Waals surface area (Å²) in [6.45, 7) is 5.07. The minimum absolute atomic E-state index is 0.298. The molecule has 1 aliphatic rings. The van der Waals surface area contributed by atoms with Crippen LogP contribution >= 0.6 is 0 Å². The molecule has 92 valence electrons. The summed E-state index contributed by atoms with van der Waals surface area (Å²) in [5.74, 6) is 1.32. The van der Waals surface area contributed by atoms with Gasteiger partial charge in [0.15, 0.2) is 0 Å². The molecule has 1 atom stereocenters. The van der Waals surface area contributed by atoms with Crippen LogP contribution in [0.4, 0.5) is 0 Å². The fourth-order valence-corrected chi connectivity index (χ4v) is 2.21. The van der Waals surface area contributed by atoms with E-state index in [2.05, 4.69) is 61.3 Å². The Balaban J connectivity index is 1.98. The van der Waals surface area contributed by atoms with E-state index in [0.29, 0.717) is 18.6 Å². The lowest BCUT2D eigenvalue weighted by Gasteiger charge is -2.06. The average Bonchev–Trinajstić information content (AvgIpc) is 2.88. The van der Waals surface area contributed by atoms with Gasteiger partial charge < -0.3 is 4.74 Å². The Bertz CT molecular complexity index is 601. The Morgan fingerprint density at radius 1 is 1.11 bits per heavy atom. The molecule has 0 saturated heterocycles. The van der Waals surface area contributed by atoms with E-state index in [4.69, 9.17) is 4.74 Å². The highest BCUT2D eigenvalue weighted by atomic mass is 16.5. The highest BCUT2D eigenvalue weighted by molar-refractivity contribution is 5.99. The monoisotopic (exact) mass is 239 g/mol. The number of hydrogen-bond donors (Lipinski definition) is 0. The van der Waals surface area contributed by atoms with Gasteiger partial charge in [-0.05, 0) is 28.8 Å². The highest BCUT2D eigenvalue weighted by Crippen LogP contribution is 2.21. The third-order valence-electron chi connectivity index (χ3n) is 3.44. The van der Waals surface area contributed by atoms with Crippen LogP contribution in [0.5, 0.6) is 0 Å². The van der Waals surface area contributed by atoms with Gasteiger partial charge >= 0.3 is 0 Å². The van der Waals surface area contributed by atoms with Crippen LogP contribution < -0.4 is 0 Å². The van der Waals surface area contributed by atoms with Crippen LogP contribution in [0.15, 0.2) is 47.5 Å². The van der Waals surface area contributed by atoms with Crippen molar-refractivity contribution < 1.29 is 4.74 Å². The fraction of sp³-hybridized carbons (Fsp3) is 0.312. The molecule has 2 heteroatoms. The molecule has 0 aromatic heterocycles. The maximum absolute atomic E-state index is 5.71. The summed E-state index contributed by atoms with van der Waals surface area (Å²) in [5, 5.41) is 2.48. The van der Waals surface area contributed by atoms with Gasteiger partial charge in [0.2, 0.25) is 5.90 Å². The van der Waals surface area contributed by atoms with Crippen LogP contribution in [-0.2, 0) is 4.74 Å². The number of benzene rings is 2. The molecule has 0 radical (unpaired) electrons. The Morgan fingerprint density at radius 2 is 1.89 bits per heavy atom. The molecule has 18 heavy (non-hydrogen) atoms. The molecule has 0 unspecified atom stereocenters. The minimum Gasteiger partial charge on any atom is -0.475 e. The molecule has 2 aromatic carbocycles. The maximum Gasteiger partial charge on any atom is 0.216 e. The largest absolute Gasteiger partial charge is 0.475 e. The average molecular weight is 239 g/mol. The lowest BCUT2D eigenvalue weighted by Crippen LogP contribution is -2.13. The van der Waals surface area contributed by atoms with Crippen LogP contribution in [0.25, 0.3) is 10.8 Å². The second-order valence-corrected chi connectivity index (χ2v) is 5.12. The molecule has 3 rings (SSSR count). The number of nitrogens with zero attached hydrogens (tertiary/aromatic N) is 1. The van der Waals surface area contributed by atoms with Crippen LogP contribution in [0.2, 0.25) is 0 Å². The van der Waals surface area contributed by atoms with Crippen LogP contribution in [0, 0.1) is 5.92 Å². The van der Waals surface area contributed by atoms with Crippen molar-refractivity contribution in [1.29, 1.82) is 0 Å². The van der Waals surface area contributed by atoms with Crippen molar-refractivity contribution in [3.63, 3.8) is 0 Å². The number of fused-ring (bicyclic) bond motifs is 1. The van der Waals surface area contributed by atoms with E-state index >= 15 is 0 Å². The summed E-state index contributed by atoms with van der Waals surface area (Å²) in [6, 6.07) is 15.0. The lowest BCUT2D eigenvalue weighted by molar-refractivity contribution is 0.292. The lowest BCUT2D eigenvalue weighted by atomic mass is 10.1. The summed E-state index contributed by atoms with van der Waals surface area (Å²) < 4.78 is 5.71. The highest BCUT2D eigenvalue weighted by Gasteiger charge is 2.22. The number of hydrogen-bond acceptors (Lipinski definition) is 2. The third-order valence-corrected chi connectivity index (χ3v) is 3.44. The third kappa shape index (κ3) is 1.99. The first kappa shape index (κ1) is 11.3. The zero-order valence-corrected chi connectivity index (χ0v) is 10.8. The molecular formula is C16H17NO. The Morgan fingerprint density at radius 3 is 2.61 bits per heavy atom. The van der Waals surface area contributed by atoms with Gasteiger partial charge in [0, 0.05) is 5.56 Å². The summed E-state index contributed by atoms with van der Waals surface area (Å²) in [4.78, 5) is 4.66. The molecule has 0 spiro atoms. The van der Waals surface area contributed by atoms with Gasteiger partial charge in [-0.25, -0.2) is 4.99 Å². The van der Waals surface area contributed by atoms with Gasteiger partial charge in [0.05, 0.1) is 6.04 Å². The van der Waals surface area contributed by atoms with Gasteiger partial charge in [0.1, 0.15) is 6.61 Å². The molecule has 1 aliphatic heterocycles. The second kappa shape index (κ2) is 4.45. The quantitative estimate of drug-likeness (QED) is 0.784. The molecule has 0 N–H and O–H groups in total. The zero-order valence-electron chi connectivity index (χ0n) is 10.8.